The van der Waals surface area contributed by atoms with Gasteiger partial charge in [-0.3, -0.25) is 4.79 Å². The molecule has 108 valence electrons. The molecule has 0 N–H and O–H groups in total. The van der Waals surface area contributed by atoms with Crippen LogP contribution in [0.25, 0.3) is 0 Å². The third-order valence-electron chi connectivity index (χ3n) is 4.23. The van der Waals surface area contributed by atoms with Crippen molar-refractivity contribution in [3.8, 4) is 18.5 Å². The molecule has 4 heteroatoms. The topological polar surface area (TPSA) is 44.1 Å². The second kappa shape index (κ2) is 6.33. The number of hydrogen-bond donors (Lipinski definition) is 0. The SMILES string of the molecule is C#CCN(C#N)C(=O)C(Cl)C1C=C(C)CC(C)(C)C1C. The molecule has 0 heterocycles. The van der Waals surface area contributed by atoms with Crippen molar-refractivity contribution in [1.82, 2.24) is 4.90 Å². The largest absolute Gasteiger partial charge is 0.272 e. The first-order chi connectivity index (χ1) is 9.24. The van der Waals surface area contributed by atoms with Gasteiger partial charge in [-0.2, -0.15) is 5.26 Å². The van der Waals surface area contributed by atoms with Gasteiger partial charge in [0.2, 0.25) is 0 Å². The Kier molecular flexibility index (Phi) is 5.26. The van der Waals surface area contributed by atoms with Crippen molar-refractivity contribution < 1.29 is 4.79 Å². The third kappa shape index (κ3) is 3.35. The molecule has 0 fully saturated rings. The number of terminal acetylenes is 1. The normalized spacial score (nSPS) is 25.9. The summed E-state index contributed by atoms with van der Waals surface area (Å²) in [4.78, 5) is 13.2. The Morgan fingerprint density at radius 3 is 2.80 bits per heavy atom. The van der Waals surface area contributed by atoms with Crippen molar-refractivity contribution in [3.05, 3.63) is 11.6 Å². The first-order valence-corrected chi connectivity index (χ1v) is 7.14. The molecular formula is C16H21ClN2O. The van der Waals surface area contributed by atoms with E-state index in [1.54, 1.807) is 6.19 Å². The number of halogens is 1. The van der Waals surface area contributed by atoms with Crippen LogP contribution < -0.4 is 0 Å². The fourth-order valence-corrected chi connectivity index (χ4v) is 3.25. The average Bonchev–Trinajstić information content (AvgIpc) is 2.38. The number of alkyl halides is 1. The van der Waals surface area contributed by atoms with Gasteiger partial charge in [-0.05, 0) is 24.7 Å². The Bertz CT molecular complexity index is 496. The number of carbonyl (C=O) groups excluding carboxylic acids is 1. The Morgan fingerprint density at radius 1 is 1.70 bits per heavy atom. The van der Waals surface area contributed by atoms with Crippen molar-refractivity contribution in [2.24, 2.45) is 17.3 Å². The molecule has 3 unspecified atom stereocenters. The van der Waals surface area contributed by atoms with Crippen LogP contribution in [0.15, 0.2) is 11.6 Å². The standard InChI is InChI=1S/C16H21ClN2O/c1-6-7-19(10-18)15(20)14(17)13-8-11(2)9-16(4,5)12(13)3/h1,8,12-14H,7,9H2,2-5H3. The predicted molar refractivity (Wildman–Crippen MR) is 80.6 cm³/mol. The lowest BCUT2D eigenvalue weighted by molar-refractivity contribution is -0.128. The maximum Gasteiger partial charge on any atom is 0.255 e. The zero-order chi connectivity index (χ0) is 15.5. The van der Waals surface area contributed by atoms with Gasteiger partial charge in [0.1, 0.15) is 5.38 Å². The minimum Gasteiger partial charge on any atom is -0.272 e. The highest BCUT2D eigenvalue weighted by atomic mass is 35.5. The summed E-state index contributed by atoms with van der Waals surface area (Å²) in [7, 11) is 0. The van der Waals surface area contributed by atoms with E-state index in [1.165, 1.54) is 5.57 Å². The van der Waals surface area contributed by atoms with Crippen molar-refractivity contribution in [2.45, 2.75) is 39.5 Å². The van der Waals surface area contributed by atoms with Crippen LogP contribution in [0.2, 0.25) is 0 Å². The highest BCUT2D eigenvalue weighted by Crippen LogP contribution is 2.45. The number of rotatable bonds is 3. The molecule has 0 saturated heterocycles. The predicted octanol–water partition coefficient (Wildman–Crippen LogP) is 3.17. The fourth-order valence-electron chi connectivity index (χ4n) is 2.84. The lowest BCUT2D eigenvalue weighted by atomic mass is 9.64. The maximum atomic E-state index is 12.3. The molecule has 3 atom stereocenters. The van der Waals surface area contributed by atoms with E-state index in [9.17, 15) is 4.79 Å². The van der Waals surface area contributed by atoms with Gasteiger partial charge in [0, 0.05) is 5.92 Å². The summed E-state index contributed by atoms with van der Waals surface area (Å²) in [6.45, 7) is 8.48. The Balaban J connectivity index is 2.99. The average molecular weight is 293 g/mol. The molecule has 0 aromatic heterocycles. The number of allylic oxidation sites excluding steroid dienone is 2. The first-order valence-electron chi connectivity index (χ1n) is 6.70. The van der Waals surface area contributed by atoms with Gasteiger partial charge in [0.15, 0.2) is 6.19 Å². The van der Waals surface area contributed by atoms with Crippen molar-refractivity contribution in [1.29, 1.82) is 5.26 Å². The number of nitrogens with zero attached hydrogens (tertiary/aromatic N) is 2. The molecule has 1 rings (SSSR count). The second-order valence-corrected chi connectivity index (χ2v) is 6.64. The van der Waals surface area contributed by atoms with Gasteiger partial charge in [-0.15, -0.1) is 18.0 Å². The molecule has 0 aromatic rings. The lowest BCUT2D eigenvalue weighted by Crippen LogP contribution is -2.43. The van der Waals surface area contributed by atoms with E-state index >= 15 is 0 Å². The number of carbonyl (C=O) groups is 1. The van der Waals surface area contributed by atoms with Crippen LogP contribution in [-0.2, 0) is 4.79 Å². The van der Waals surface area contributed by atoms with Crippen molar-refractivity contribution in [3.63, 3.8) is 0 Å². The molecule has 20 heavy (non-hydrogen) atoms. The van der Waals surface area contributed by atoms with E-state index in [0.717, 1.165) is 11.3 Å². The number of nitriles is 1. The molecule has 1 aliphatic carbocycles. The minimum absolute atomic E-state index is 0.0360. The first kappa shape index (κ1) is 16.6. The quantitative estimate of drug-likeness (QED) is 0.264. The van der Waals surface area contributed by atoms with Crippen LogP contribution in [0.5, 0.6) is 0 Å². The molecular weight excluding hydrogens is 272 g/mol. The van der Waals surface area contributed by atoms with E-state index in [0.29, 0.717) is 0 Å². The van der Waals surface area contributed by atoms with Crippen LogP contribution in [0.4, 0.5) is 0 Å². The van der Waals surface area contributed by atoms with E-state index < -0.39 is 11.3 Å². The summed E-state index contributed by atoms with van der Waals surface area (Å²) in [5, 5.41) is 8.22. The minimum atomic E-state index is -0.757. The van der Waals surface area contributed by atoms with Gasteiger partial charge in [0.25, 0.3) is 5.91 Å². The summed E-state index contributed by atoms with van der Waals surface area (Å²) in [5.41, 5.74) is 1.32. The van der Waals surface area contributed by atoms with E-state index in [-0.39, 0.29) is 23.8 Å². The third-order valence-corrected chi connectivity index (χ3v) is 4.71. The van der Waals surface area contributed by atoms with Gasteiger partial charge in [0.05, 0.1) is 6.54 Å². The fraction of sp³-hybridized carbons (Fsp3) is 0.625. The highest BCUT2D eigenvalue weighted by Gasteiger charge is 2.41. The van der Waals surface area contributed by atoms with Crippen LogP contribution in [0.1, 0.15) is 34.1 Å². The summed E-state index contributed by atoms with van der Waals surface area (Å²) in [6, 6.07) is 0. The molecule has 0 spiro atoms. The smallest absolute Gasteiger partial charge is 0.255 e. The number of amides is 1. The monoisotopic (exact) mass is 292 g/mol. The van der Waals surface area contributed by atoms with Crippen LogP contribution >= 0.6 is 11.6 Å². The number of hydrogen-bond acceptors (Lipinski definition) is 2. The molecule has 0 bridgehead atoms. The van der Waals surface area contributed by atoms with E-state index in [4.69, 9.17) is 23.3 Å². The summed E-state index contributed by atoms with van der Waals surface area (Å²) in [6.07, 6.45) is 10.0. The van der Waals surface area contributed by atoms with Crippen LogP contribution in [0.3, 0.4) is 0 Å². The lowest BCUT2D eigenvalue weighted by Gasteiger charge is -2.42. The van der Waals surface area contributed by atoms with Gasteiger partial charge in [-0.1, -0.05) is 38.3 Å². The van der Waals surface area contributed by atoms with Gasteiger partial charge < -0.3 is 0 Å². The summed E-state index contributed by atoms with van der Waals surface area (Å²) in [5.74, 6) is 2.06. The van der Waals surface area contributed by atoms with E-state index in [1.807, 2.05) is 0 Å². The molecule has 0 aromatic carbocycles. The Labute approximate surface area is 126 Å². The zero-order valence-electron chi connectivity index (χ0n) is 12.5. The molecule has 0 aliphatic heterocycles. The van der Waals surface area contributed by atoms with E-state index in [2.05, 4.69) is 39.7 Å². The van der Waals surface area contributed by atoms with Gasteiger partial charge in [-0.25, -0.2) is 4.90 Å². The Hall–Kier alpha value is -1.45. The van der Waals surface area contributed by atoms with Crippen LogP contribution in [-0.4, -0.2) is 22.7 Å². The highest BCUT2D eigenvalue weighted by molar-refractivity contribution is 6.31. The molecule has 1 amide bonds. The summed E-state index contributed by atoms with van der Waals surface area (Å²) < 4.78 is 0. The zero-order valence-corrected chi connectivity index (χ0v) is 13.2. The van der Waals surface area contributed by atoms with Gasteiger partial charge >= 0.3 is 0 Å². The second-order valence-electron chi connectivity index (χ2n) is 6.17. The Morgan fingerprint density at radius 2 is 2.30 bits per heavy atom. The molecule has 0 radical (unpaired) electrons. The van der Waals surface area contributed by atoms with Crippen LogP contribution in [0, 0.1) is 41.0 Å². The van der Waals surface area contributed by atoms with Crippen molar-refractivity contribution in [2.75, 3.05) is 6.54 Å². The molecule has 0 saturated carbocycles. The van der Waals surface area contributed by atoms with Crippen molar-refractivity contribution >= 4 is 17.5 Å². The molecule has 3 nitrogen and oxygen atoms in total. The molecule has 1 aliphatic rings. The summed E-state index contributed by atoms with van der Waals surface area (Å²) >= 11 is 6.35. The maximum absolute atomic E-state index is 12.3.